The maximum Gasteiger partial charge on any atom is 0.242 e. The van der Waals surface area contributed by atoms with Gasteiger partial charge in [-0.25, -0.2) is 13.1 Å². The van der Waals surface area contributed by atoms with Crippen molar-refractivity contribution < 1.29 is 13.5 Å². The summed E-state index contributed by atoms with van der Waals surface area (Å²) in [4.78, 5) is 2.83. The first kappa shape index (κ1) is 12.2. The smallest absolute Gasteiger partial charge is 0.242 e. The Morgan fingerprint density at radius 1 is 1.53 bits per heavy atom. The van der Waals surface area contributed by atoms with E-state index in [9.17, 15) is 13.5 Å². The second-order valence-electron chi connectivity index (χ2n) is 4.05. The van der Waals surface area contributed by atoms with Crippen LogP contribution in [0.1, 0.15) is 20.8 Å². The summed E-state index contributed by atoms with van der Waals surface area (Å²) in [7, 11) is -3.56. The molecule has 0 aliphatic carbocycles. The number of rotatable bonds is 4. The van der Waals surface area contributed by atoms with E-state index < -0.39 is 21.7 Å². The zero-order valence-electron chi connectivity index (χ0n) is 8.98. The van der Waals surface area contributed by atoms with Crippen molar-refractivity contribution in [3.8, 4) is 0 Å². The molecule has 0 radical (unpaired) electrons. The van der Waals surface area contributed by atoms with E-state index in [1.54, 1.807) is 20.8 Å². The summed E-state index contributed by atoms with van der Waals surface area (Å²) in [5, 5.41) is 9.41. The number of aromatic amines is 1. The molecule has 5 nitrogen and oxygen atoms in total. The molecule has 0 bridgehead atoms. The highest BCUT2D eigenvalue weighted by Crippen LogP contribution is 2.14. The summed E-state index contributed by atoms with van der Waals surface area (Å²) < 4.78 is 26.0. The lowest BCUT2D eigenvalue weighted by atomic mass is 10.0. The molecule has 1 unspecified atom stereocenters. The van der Waals surface area contributed by atoms with Gasteiger partial charge in [0.05, 0.1) is 16.5 Å². The molecule has 0 aliphatic rings. The molecule has 15 heavy (non-hydrogen) atoms. The average molecular weight is 232 g/mol. The highest BCUT2D eigenvalue weighted by molar-refractivity contribution is 7.89. The maximum atomic E-state index is 11.8. The van der Waals surface area contributed by atoms with Gasteiger partial charge in [-0.2, -0.15) is 0 Å². The lowest BCUT2D eigenvalue weighted by Gasteiger charge is -2.28. The highest BCUT2D eigenvalue weighted by atomic mass is 32.2. The minimum atomic E-state index is -3.56. The third-order valence-corrected chi connectivity index (χ3v) is 3.99. The Bertz CT molecular complexity index is 407. The number of aromatic nitrogens is 1. The van der Waals surface area contributed by atoms with Crippen LogP contribution in [0.3, 0.4) is 0 Å². The molecule has 0 aliphatic heterocycles. The lowest BCUT2D eigenvalue weighted by Crippen LogP contribution is -2.50. The van der Waals surface area contributed by atoms with E-state index >= 15 is 0 Å². The van der Waals surface area contributed by atoms with Crippen LogP contribution < -0.4 is 4.72 Å². The van der Waals surface area contributed by atoms with Crippen LogP contribution in [0.2, 0.25) is 0 Å². The minimum Gasteiger partial charge on any atom is -0.391 e. The molecular weight excluding hydrogens is 216 g/mol. The summed E-state index contributed by atoms with van der Waals surface area (Å²) in [5.74, 6) is 0. The van der Waals surface area contributed by atoms with Gasteiger partial charge in [0, 0.05) is 12.4 Å². The molecule has 0 saturated carbocycles. The van der Waals surface area contributed by atoms with Gasteiger partial charge in [-0.15, -0.1) is 0 Å². The number of hydrogen-bond donors (Lipinski definition) is 3. The molecule has 6 heteroatoms. The maximum absolute atomic E-state index is 11.8. The van der Waals surface area contributed by atoms with Crippen molar-refractivity contribution in [2.75, 3.05) is 0 Å². The Hall–Kier alpha value is -0.850. The third kappa shape index (κ3) is 2.80. The second kappa shape index (κ2) is 3.96. The Kier molecular flexibility index (Phi) is 3.22. The van der Waals surface area contributed by atoms with E-state index in [0.29, 0.717) is 0 Å². The van der Waals surface area contributed by atoms with Gasteiger partial charge in [0.15, 0.2) is 0 Å². The first-order chi connectivity index (χ1) is 6.76. The van der Waals surface area contributed by atoms with Crippen molar-refractivity contribution in [1.82, 2.24) is 9.71 Å². The van der Waals surface area contributed by atoms with Crippen molar-refractivity contribution in [3.05, 3.63) is 18.5 Å². The van der Waals surface area contributed by atoms with Crippen molar-refractivity contribution in [2.24, 2.45) is 0 Å². The van der Waals surface area contributed by atoms with E-state index in [0.717, 1.165) is 0 Å². The molecule has 0 saturated heterocycles. The molecule has 1 atom stereocenters. The van der Waals surface area contributed by atoms with Crippen molar-refractivity contribution in [1.29, 1.82) is 0 Å². The van der Waals surface area contributed by atoms with Gasteiger partial charge in [-0.1, -0.05) is 0 Å². The molecule has 1 aromatic rings. The number of sulfonamides is 1. The fraction of sp³-hybridized carbons (Fsp3) is 0.556. The van der Waals surface area contributed by atoms with Crippen LogP contribution in [0.4, 0.5) is 0 Å². The van der Waals surface area contributed by atoms with E-state index in [2.05, 4.69) is 9.71 Å². The topological polar surface area (TPSA) is 82.2 Å². The van der Waals surface area contributed by atoms with Gasteiger partial charge in [-0.3, -0.25) is 0 Å². The summed E-state index contributed by atoms with van der Waals surface area (Å²) in [6.07, 6.45) is 2.15. The van der Waals surface area contributed by atoms with Gasteiger partial charge >= 0.3 is 0 Å². The van der Waals surface area contributed by atoms with E-state index in [-0.39, 0.29) is 4.90 Å². The van der Waals surface area contributed by atoms with Gasteiger partial charge in [0.2, 0.25) is 10.0 Å². The molecule has 86 valence electrons. The van der Waals surface area contributed by atoms with Crippen molar-refractivity contribution >= 4 is 10.0 Å². The Labute approximate surface area is 89.6 Å². The first-order valence-electron chi connectivity index (χ1n) is 4.60. The fourth-order valence-electron chi connectivity index (χ4n) is 0.966. The van der Waals surface area contributed by atoms with Crippen LogP contribution in [0.25, 0.3) is 0 Å². The third-order valence-electron chi connectivity index (χ3n) is 2.32. The molecule has 0 aromatic carbocycles. The minimum absolute atomic E-state index is 0.163. The summed E-state index contributed by atoms with van der Waals surface area (Å²) in [6.45, 7) is 4.80. The van der Waals surface area contributed by atoms with Crippen molar-refractivity contribution in [2.45, 2.75) is 37.3 Å². The van der Waals surface area contributed by atoms with Crippen molar-refractivity contribution in [3.63, 3.8) is 0 Å². The SMILES string of the molecule is CC(O)C(C)(C)NS(=O)(=O)c1cc[nH]c1. The lowest BCUT2D eigenvalue weighted by molar-refractivity contribution is 0.111. The van der Waals surface area contributed by atoms with E-state index in [1.807, 2.05) is 0 Å². The first-order valence-corrected chi connectivity index (χ1v) is 6.09. The standard InChI is InChI=1S/C9H16N2O3S/c1-7(12)9(2,3)11-15(13,14)8-4-5-10-6-8/h4-7,10-12H,1-3H3. The Balaban J connectivity index is 2.92. The molecule has 0 amide bonds. The van der Waals surface area contributed by atoms with Crippen LogP contribution >= 0.6 is 0 Å². The van der Waals surface area contributed by atoms with Crippen LogP contribution in [-0.2, 0) is 10.0 Å². The van der Waals surface area contributed by atoms with Gasteiger partial charge in [0.25, 0.3) is 0 Å². The highest BCUT2D eigenvalue weighted by Gasteiger charge is 2.30. The number of hydrogen-bond acceptors (Lipinski definition) is 3. The van der Waals surface area contributed by atoms with Gasteiger partial charge in [0.1, 0.15) is 0 Å². The quantitative estimate of drug-likeness (QED) is 0.705. The molecular formula is C9H16N2O3S. The van der Waals surface area contributed by atoms with Crippen LogP contribution in [0.5, 0.6) is 0 Å². The molecule has 0 fully saturated rings. The average Bonchev–Trinajstić information content (AvgIpc) is 2.53. The summed E-state index contributed by atoms with van der Waals surface area (Å²) in [5.41, 5.74) is -0.893. The number of aliphatic hydroxyl groups excluding tert-OH is 1. The number of aliphatic hydroxyl groups is 1. The van der Waals surface area contributed by atoms with Crippen LogP contribution in [0.15, 0.2) is 23.4 Å². The summed E-state index contributed by atoms with van der Waals surface area (Å²) in [6, 6.07) is 1.46. The van der Waals surface area contributed by atoms with Crippen LogP contribution in [-0.4, -0.2) is 30.2 Å². The van der Waals surface area contributed by atoms with Gasteiger partial charge in [-0.05, 0) is 26.8 Å². The number of nitrogens with one attached hydrogen (secondary N) is 2. The largest absolute Gasteiger partial charge is 0.391 e. The van der Waals surface area contributed by atoms with E-state index in [1.165, 1.54) is 18.5 Å². The molecule has 1 rings (SSSR count). The second-order valence-corrected chi connectivity index (χ2v) is 5.73. The predicted octanol–water partition coefficient (Wildman–Crippen LogP) is 0.452. The summed E-state index contributed by atoms with van der Waals surface area (Å²) >= 11 is 0. The monoisotopic (exact) mass is 232 g/mol. The zero-order valence-corrected chi connectivity index (χ0v) is 9.80. The van der Waals surface area contributed by atoms with E-state index in [4.69, 9.17) is 0 Å². The van der Waals surface area contributed by atoms with Crippen LogP contribution in [0, 0.1) is 0 Å². The normalized spacial score (nSPS) is 15.2. The molecule has 1 heterocycles. The molecule has 3 N–H and O–H groups in total. The zero-order chi connectivity index (χ0) is 11.7. The Morgan fingerprint density at radius 2 is 2.13 bits per heavy atom. The fourth-order valence-corrected chi connectivity index (χ4v) is 2.42. The molecule has 0 spiro atoms. The Morgan fingerprint density at radius 3 is 2.53 bits per heavy atom. The molecule has 1 aromatic heterocycles. The number of H-pyrrole nitrogens is 1. The predicted molar refractivity (Wildman–Crippen MR) is 56.9 cm³/mol. The van der Waals surface area contributed by atoms with Gasteiger partial charge < -0.3 is 10.1 Å².